The summed E-state index contributed by atoms with van der Waals surface area (Å²) >= 11 is 7.93. The largest absolute Gasteiger partial charge is 0.327 e. The maximum Gasteiger partial charge on any atom is 0.127 e. The molecule has 0 bridgehead atoms. The summed E-state index contributed by atoms with van der Waals surface area (Å²) in [5.41, 5.74) is 6.63. The quantitative estimate of drug-likeness (QED) is 0.885. The Morgan fingerprint density at radius 3 is 2.78 bits per heavy atom. The lowest BCUT2D eigenvalue weighted by Gasteiger charge is -2.15. The number of hydrogen-bond donors (Lipinski definition) is 1. The van der Waals surface area contributed by atoms with E-state index < -0.39 is 0 Å². The first-order valence-electron chi connectivity index (χ1n) is 6.47. The zero-order valence-electron chi connectivity index (χ0n) is 10.4. The molecule has 0 aliphatic heterocycles. The van der Waals surface area contributed by atoms with Gasteiger partial charge in [0, 0.05) is 27.6 Å². The number of benzene rings is 1. The van der Waals surface area contributed by atoms with Crippen LogP contribution in [-0.4, -0.2) is 17.0 Å². The zero-order valence-corrected chi connectivity index (χ0v) is 11.9. The van der Waals surface area contributed by atoms with E-state index in [0.717, 1.165) is 11.0 Å². The Balaban J connectivity index is 1.84. The fourth-order valence-corrected chi connectivity index (χ4v) is 3.91. The minimum Gasteiger partial charge on any atom is -0.327 e. The van der Waals surface area contributed by atoms with Crippen molar-refractivity contribution in [3.05, 3.63) is 34.6 Å². The van der Waals surface area contributed by atoms with Crippen molar-refractivity contribution in [3.63, 3.8) is 0 Å². The second-order valence-corrected chi connectivity index (χ2v) is 6.64. The summed E-state index contributed by atoms with van der Waals surface area (Å²) < 4.78 is 13.6. The molecule has 4 heteroatoms. The normalized spacial score (nSPS) is 18.2. The molecule has 1 fully saturated rings. The number of halogens is 2. The summed E-state index contributed by atoms with van der Waals surface area (Å²) in [7, 11) is 0. The summed E-state index contributed by atoms with van der Waals surface area (Å²) in [5.74, 6) is 0.638. The smallest absolute Gasteiger partial charge is 0.127 e. The average molecular weight is 288 g/mol. The molecule has 1 aromatic carbocycles. The van der Waals surface area contributed by atoms with Gasteiger partial charge in [-0.25, -0.2) is 4.39 Å². The molecule has 0 aromatic heterocycles. The van der Waals surface area contributed by atoms with Gasteiger partial charge < -0.3 is 5.73 Å². The minimum atomic E-state index is -0.246. The van der Waals surface area contributed by atoms with Gasteiger partial charge in [0.05, 0.1) is 0 Å². The van der Waals surface area contributed by atoms with Gasteiger partial charge >= 0.3 is 0 Å². The van der Waals surface area contributed by atoms with Crippen LogP contribution in [0.2, 0.25) is 5.02 Å². The fourth-order valence-electron chi connectivity index (χ4n) is 2.36. The van der Waals surface area contributed by atoms with E-state index in [1.807, 2.05) is 11.8 Å². The monoisotopic (exact) mass is 287 g/mol. The summed E-state index contributed by atoms with van der Waals surface area (Å²) in [6.07, 6.45) is 5.80. The van der Waals surface area contributed by atoms with Gasteiger partial charge in [0.2, 0.25) is 0 Å². The molecule has 100 valence electrons. The molecule has 2 N–H and O–H groups in total. The highest BCUT2D eigenvalue weighted by Gasteiger charge is 2.18. The molecule has 1 saturated carbocycles. The van der Waals surface area contributed by atoms with Crippen molar-refractivity contribution in [2.24, 2.45) is 5.73 Å². The topological polar surface area (TPSA) is 26.0 Å². The van der Waals surface area contributed by atoms with Gasteiger partial charge in [-0.1, -0.05) is 30.5 Å². The van der Waals surface area contributed by atoms with Crippen LogP contribution in [0.15, 0.2) is 18.2 Å². The first kappa shape index (κ1) is 14.2. The SMILES string of the molecule is NC(CSC1CCCC1)Cc1c(F)cccc1Cl. The molecule has 2 rings (SSSR count). The molecule has 0 saturated heterocycles. The van der Waals surface area contributed by atoms with Crippen LogP contribution in [0.3, 0.4) is 0 Å². The molecule has 18 heavy (non-hydrogen) atoms. The van der Waals surface area contributed by atoms with Gasteiger partial charge in [0.25, 0.3) is 0 Å². The molecule has 0 heterocycles. The van der Waals surface area contributed by atoms with Crippen molar-refractivity contribution in [3.8, 4) is 0 Å². The van der Waals surface area contributed by atoms with E-state index in [-0.39, 0.29) is 11.9 Å². The third-order valence-corrected chi connectivity index (χ3v) is 5.29. The predicted octanol–water partition coefficient (Wildman–Crippen LogP) is 4.02. The highest BCUT2D eigenvalue weighted by molar-refractivity contribution is 7.99. The first-order chi connectivity index (χ1) is 8.66. The van der Waals surface area contributed by atoms with Crippen LogP contribution in [0.5, 0.6) is 0 Å². The average Bonchev–Trinajstić information content (AvgIpc) is 2.84. The lowest BCUT2D eigenvalue weighted by atomic mass is 10.1. The molecular weight excluding hydrogens is 269 g/mol. The van der Waals surface area contributed by atoms with Crippen LogP contribution < -0.4 is 5.73 Å². The van der Waals surface area contributed by atoms with Crippen LogP contribution in [0.4, 0.5) is 4.39 Å². The number of rotatable bonds is 5. The van der Waals surface area contributed by atoms with Gasteiger partial charge in [-0.15, -0.1) is 0 Å². The molecule has 0 spiro atoms. The Hall–Kier alpha value is -0.250. The van der Waals surface area contributed by atoms with Gasteiger partial charge in [-0.3, -0.25) is 0 Å². The number of hydrogen-bond acceptors (Lipinski definition) is 2. The van der Waals surface area contributed by atoms with E-state index in [2.05, 4.69) is 0 Å². The Morgan fingerprint density at radius 1 is 1.39 bits per heavy atom. The highest BCUT2D eigenvalue weighted by Crippen LogP contribution is 2.30. The second kappa shape index (κ2) is 6.78. The number of thioether (sulfide) groups is 1. The maximum atomic E-state index is 13.6. The minimum absolute atomic E-state index is 0.0231. The molecule has 1 nitrogen and oxygen atoms in total. The van der Waals surface area contributed by atoms with E-state index in [9.17, 15) is 4.39 Å². The van der Waals surface area contributed by atoms with Crippen molar-refractivity contribution < 1.29 is 4.39 Å². The van der Waals surface area contributed by atoms with E-state index >= 15 is 0 Å². The molecule has 1 aromatic rings. The fraction of sp³-hybridized carbons (Fsp3) is 0.571. The predicted molar refractivity (Wildman–Crippen MR) is 77.8 cm³/mol. The third kappa shape index (κ3) is 3.87. The van der Waals surface area contributed by atoms with E-state index in [0.29, 0.717) is 17.0 Å². The van der Waals surface area contributed by atoms with Crippen LogP contribution >= 0.6 is 23.4 Å². The van der Waals surface area contributed by atoms with Gasteiger partial charge in [-0.05, 0) is 31.4 Å². The highest BCUT2D eigenvalue weighted by atomic mass is 35.5. The second-order valence-electron chi connectivity index (χ2n) is 4.90. The first-order valence-corrected chi connectivity index (χ1v) is 7.89. The molecule has 1 aliphatic rings. The van der Waals surface area contributed by atoms with Crippen molar-refractivity contribution in [2.75, 3.05) is 5.75 Å². The Labute approximate surface area is 117 Å². The van der Waals surface area contributed by atoms with E-state index in [1.54, 1.807) is 12.1 Å². The summed E-state index contributed by atoms with van der Waals surface area (Å²) in [5, 5.41) is 1.24. The lowest BCUT2D eigenvalue weighted by Crippen LogP contribution is -2.27. The Kier molecular flexibility index (Phi) is 5.34. The molecule has 0 amide bonds. The molecule has 1 aliphatic carbocycles. The molecule has 0 radical (unpaired) electrons. The summed E-state index contributed by atoms with van der Waals surface area (Å²) in [6.45, 7) is 0. The van der Waals surface area contributed by atoms with Crippen LogP contribution in [0, 0.1) is 5.82 Å². The van der Waals surface area contributed by atoms with Crippen molar-refractivity contribution >= 4 is 23.4 Å². The maximum absolute atomic E-state index is 13.6. The van der Waals surface area contributed by atoms with Gasteiger partial charge in [-0.2, -0.15) is 11.8 Å². The van der Waals surface area contributed by atoms with Crippen molar-refractivity contribution in [1.82, 2.24) is 0 Å². The Bertz CT molecular complexity index is 373. The van der Waals surface area contributed by atoms with Crippen LogP contribution in [0.1, 0.15) is 31.2 Å². The molecular formula is C14H19ClFNS. The van der Waals surface area contributed by atoms with Crippen LogP contribution in [0.25, 0.3) is 0 Å². The molecule has 1 unspecified atom stereocenters. The summed E-state index contributed by atoms with van der Waals surface area (Å²) in [4.78, 5) is 0. The van der Waals surface area contributed by atoms with Crippen molar-refractivity contribution in [1.29, 1.82) is 0 Å². The third-order valence-electron chi connectivity index (χ3n) is 3.38. The van der Waals surface area contributed by atoms with E-state index in [4.69, 9.17) is 17.3 Å². The van der Waals surface area contributed by atoms with Crippen LogP contribution in [-0.2, 0) is 6.42 Å². The number of nitrogens with two attached hydrogens (primary N) is 1. The van der Waals surface area contributed by atoms with Gasteiger partial charge in [0.1, 0.15) is 5.82 Å². The molecule has 1 atom stereocenters. The standard InChI is InChI=1S/C14H19ClFNS/c15-13-6-3-7-14(16)12(13)8-10(17)9-18-11-4-1-2-5-11/h3,6-7,10-11H,1-2,4-5,8-9,17H2. The zero-order chi connectivity index (χ0) is 13.0. The summed E-state index contributed by atoms with van der Waals surface area (Å²) in [6, 6.07) is 4.76. The van der Waals surface area contributed by atoms with Gasteiger partial charge in [0.15, 0.2) is 0 Å². The van der Waals surface area contributed by atoms with E-state index in [1.165, 1.54) is 31.7 Å². The Morgan fingerprint density at radius 2 is 2.11 bits per heavy atom. The lowest BCUT2D eigenvalue weighted by molar-refractivity contribution is 0.597. The van der Waals surface area contributed by atoms with Crippen molar-refractivity contribution in [2.45, 2.75) is 43.4 Å².